The van der Waals surface area contributed by atoms with E-state index in [9.17, 15) is 0 Å². The number of aryl methyl sites for hydroxylation is 1. The molecule has 2 aliphatic heterocycles. The van der Waals surface area contributed by atoms with Gasteiger partial charge < -0.3 is 14.4 Å². The molecule has 0 N–H and O–H groups in total. The molecule has 0 fully saturated rings. The van der Waals surface area contributed by atoms with Crippen LogP contribution in [0.4, 0.5) is 34.1 Å². The molecule has 0 bridgehead atoms. The summed E-state index contributed by atoms with van der Waals surface area (Å²) >= 11 is 1.92. The second-order valence-electron chi connectivity index (χ2n) is 25.1. The standard InChI is InChI=1S/C78H66BN3S/c1-8-9-25-54-42-63-60-34-21-24-37-73(60)83-74(63)49-69(54)81-68-41-38-53(50-26-13-10-14-27-50)43-65(68)79-64-40-39-57(80-66-35-22-19-32-58(66)59-33-20-23-36-67(59)80)48-70(64)82(72-47-56(78(5,6)7)46-71(81)75(72)79)76-61(51-28-15-11-16-29-51)44-55(77(2,3)4)45-62(76)52-30-17-12-18-31-52/h10-24,26-49H,8-9,25H2,1-7H3. The maximum absolute atomic E-state index is 2.73. The van der Waals surface area contributed by atoms with Gasteiger partial charge in [0.1, 0.15) is 0 Å². The first-order valence-corrected chi connectivity index (χ1v) is 30.6. The van der Waals surface area contributed by atoms with E-state index in [1.54, 1.807) is 0 Å². The summed E-state index contributed by atoms with van der Waals surface area (Å²) in [5.41, 5.74) is 25.5. The number of thiophene rings is 1. The normalized spacial score (nSPS) is 13.1. The first-order chi connectivity index (χ1) is 40.4. The quantitative estimate of drug-likeness (QED) is 0.133. The van der Waals surface area contributed by atoms with Crippen LogP contribution in [0, 0.1) is 0 Å². The Morgan fingerprint density at radius 1 is 0.398 bits per heavy atom. The van der Waals surface area contributed by atoms with Crippen molar-refractivity contribution >= 4 is 111 Å². The highest BCUT2D eigenvalue weighted by molar-refractivity contribution is 7.25. The minimum absolute atomic E-state index is 0.122. The van der Waals surface area contributed by atoms with Crippen molar-refractivity contribution in [3.8, 4) is 39.1 Å². The second kappa shape index (κ2) is 19.6. The largest absolute Gasteiger partial charge is 0.311 e. The van der Waals surface area contributed by atoms with Gasteiger partial charge in [0.2, 0.25) is 0 Å². The van der Waals surface area contributed by atoms with Gasteiger partial charge in [0, 0.05) is 70.5 Å². The van der Waals surface area contributed by atoms with Crippen LogP contribution < -0.4 is 26.2 Å². The number of unbranched alkanes of at least 4 members (excludes halogenated alkanes) is 1. The summed E-state index contributed by atoms with van der Waals surface area (Å²) in [5, 5.41) is 5.18. The summed E-state index contributed by atoms with van der Waals surface area (Å²) in [6, 6.07) is 90.3. The summed E-state index contributed by atoms with van der Waals surface area (Å²) in [7, 11) is 0. The van der Waals surface area contributed by atoms with Crippen LogP contribution in [0.1, 0.15) is 78.0 Å². The van der Waals surface area contributed by atoms with Crippen molar-refractivity contribution in [3.63, 3.8) is 0 Å². The molecule has 0 radical (unpaired) electrons. The maximum Gasteiger partial charge on any atom is 0.252 e. The van der Waals surface area contributed by atoms with Crippen molar-refractivity contribution in [2.75, 3.05) is 9.80 Å². The molecule has 4 heterocycles. The molecule has 13 aromatic rings. The number of anilines is 6. The average molecular weight is 1090 g/mol. The Labute approximate surface area is 492 Å². The summed E-state index contributed by atoms with van der Waals surface area (Å²) < 4.78 is 5.14. The van der Waals surface area contributed by atoms with E-state index in [4.69, 9.17) is 0 Å². The van der Waals surface area contributed by atoms with E-state index in [1.807, 2.05) is 11.3 Å². The van der Waals surface area contributed by atoms with E-state index in [1.165, 1.54) is 143 Å². The lowest BCUT2D eigenvalue weighted by atomic mass is 9.33. The Bertz CT molecular complexity index is 4580. The molecule has 0 spiro atoms. The summed E-state index contributed by atoms with van der Waals surface area (Å²) in [6.07, 6.45) is 3.19. The van der Waals surface area contributed by atoms with Gasteiger partial charge in [-0.05, 0) is 152 Å². The lowest BCUT2D eigenvalue weighted by Crippen LogP contribution is -2.61. The zero-order valence-electron chi connectivity index (χ0n) is 48.5. The highest BCUT2D eigenvalue weighted by Gasteiger charge is 2.46. The number of nitrogens with zero attached hydrogens (tertiary/aromatic N) is 3. The molecule has 0 saturated carbocycles. The Hall–Kier alpha value is -8.90. The lowest BCUT2D eigenvalue weighted by Gasteiger charge is -2.46. The van der Waals surface area contributed by atoms with Crippen LogP contribution in [0.5, 0.6) is 0 Å². The SMILES string of the molecule is CCCCc1cc2c(cc1N1c3ccc(-c4ccccc4)cc3B3c4ccc(-n5c6ccccc6c6ccccc65)cc4N(c4c(-c5ccccc5)cc(C(C)(C)C)cc4-c4ccccc4)c4cc(C(C)(C)C)cc1c43)sc1ccccc12. The monoisotopic (exact) mass is 1090 g/mol. The van der Waals surface area contributed by atoms with Gasteiger partial charge in [-0.3, -0.25) is 0 Å². The van der Waals surface area contributed by atoms with E-state index in [0.29, 0.717) is 0 Å². The van der Waals surface area contributed by atoms with E-state index in [0.717, 1.165) is 24.9 Å². The number of para-hydroxylation sites is 2. The van der Waals surface area contributed by atoms with E-state index in [2.05, 4.69) is 299 Å². The molecule has 402 valence electrons. The molecular formula is C78H66BN3S. The number of hydrogen-bond donors (Lipinski definition) is 0. The molecule has 3 nitrogen and oxygen atoms in total. The van der Waals surface area contributed by atoms with Gasteiger partial charge in [0.15, 0.2) is 0 Å². The van der Waals surface area contributed by atoms with Crippen molar-refractivity contribution in [1.82, 2.24) is 4.57 Å². The average Bonchev–Trinajstić information content (AvgIpc) is 2.87. The Balaban J connectivity index is 1.12. The van der Waals surface area contributed by atoms with Crippen LogP contribution in [0.25, 0.3) is 81.0 Å². The fraction of sp³-hybridized carbons (Fsp3) is 0.154. The van der Waals surface area contributed by atoms with Gasteiger partial charge in [0.05, 0.1) is 22.4 Å². The molecule has 0 amide bonds. The number of hydrogen-bond acceptors (Lipinski definition) is 3. The van der Waals surface area contributed by atoms with E-state index >= 15 is 0 Å². The third-order valence-corrected chi connectivity index (χ3v) is 19.0. The smallest absolute Gasteiger partial charge is 0.252 e. The number of rotatable bonds is 9. The molecule has 0 aliphatic carbocycles. The molecule has 15 rings (SSSR count). The maximum atomic E-state index is 2.73. The molecule has 5 heteroatoms. The molecule has 2 aromatic heterocycles. The van der Waals surface area contributed by atoms with Gasteiger partial charge >= 0.3 is 0 Å². The van der Waals surface area contributed by atoms with Crippen molar-refractivity contribution < 1.29 is 0 Å². The van der Waals surface area contributed by atoms with Crippen LogP contribution in [0.15, 0.2) is 237 Å². The summed E-state index contributed by atoms with van der Waals surface area (Å²) in [6.45, 7) is 16.5. The topological polar surface area (TPSA) is 11.4 Å². The summed E-state index contributed by atoms with van der Waals surface area (Å²) in [5.74, 6) is 0. The highest BCUT2D eigenvalue weighted by atomic mass is 32.1. The molecular weight excluding hydrogens is 1020 g/mol. The van der Waals surface area contributed by atoms with Gasteiger partial charge in [-0.25, -0.2) is 0 Å². The van der Waals surface area contributed by atoms with Gasteiger partial charge in [-0.2, -0.15) is 0 Å². The Kier molecular flexibility index (Phi) is 12.1. The lowest BCUT2D eigenvalue weighted by molar-refractivity contribution is 0.590. The molecule has 0 atom stereocenters. The first-order valence-electron chi connectivity index (χ1n) is 29.8. The molecule has 0 saturated heterocycles. The minimum Gasteiger partial charge on any atom is -0.311 e. The number of aromatic nitrogens is 1. The van der Waals surface area contributed by atoms with E-state index < -0.39 is 0 Å². The predicted molar refractivity (Wildman–Crippen MR) is 360 cm³/mol. The Morgan fingerprint density at radius 3 is 1.57 bits per heavy atom. The first kappa shape index (κ1) is 51.0. The third-order valence-electron chi connectivity index (χ3n) is 17.9. The van der Waals surface area contributed by atoms with Crippen LogP contribution >= 0.6 is 11.3 Å². The minimum atomic E-state index is -0.220. The second-order valence-corrected chi connectivity index (χ2v) is 26.2. The van der Waals surface area contributed by atoms with Crippen LogP contribution in [-0.2, 0) is 17.3 Å². The summed E-state index contributed by atoms with van der Waals surface area (Å²) in [4.78, 5) is 5.43. The molecule has 83 heavy (non-hydrogen) atoms. The zero-order chi connectivity index (χ0) is 56.3. The molecule has 0 unspecified atom stereocenters. The fourth-order valence-corrected chi connectivity index (χ4v) is 14.8. The van der Waals surface area contributed by atoms with Crippen molar-refractivity contribution in [1.29, 1.82) is 0 Å². The number of fused-ring (bicyclic) bond motifs is 10. The van der Waals surface area contributed by atoms with Crippen LogP contribution in [0.3, 0.4) is 0 Å². The van der Waals surface area contributed by atoms with Crippen molar-refractivity contribution in [3.05, 3.63) is 253 Å². The zero-order valence-corrected chi connectivity index (χ0v) is 49.3. The van der Waals surface area contributed by atoms with Gasteiger partial charge in [-0.1, -0.05) is 219 Å². The van der Waals surface area contributed by atoms with Gasteiger partial charge in [-0.15, -0.1) is 11.3 Å². The highest BCUT2D eigenvalue weighted by Crippen LogP contribution is 2.54. The van der Waals surface area contributed by atoms with Crippen molar-refractivity contribution in [2.24, 2.45) is 0 Å². The fourth-order valence-electron chi connectivity index (χ4n) is 13.6. The predicted octanol–water partition coefficient (Wildman–Crippen LogP) is 20.2. The van der Waals surface area contributed by atoms with Crippen LogP contribution in [-0.4, -0.2) is 11.3 Å². The van der Waals surface area contributed by atoms with E-state index in [-0.39, 0.29) is 17.5 Å². The number of benzene rings is 11. The van der Waals surface area contributed by atoms with Crippen molar-refractivity contribution in [2.45, 2.75) is 78.6 Å². The Morgan fingerprint density at radius 2 is 0.952 bits per heavy atom. The molecule has 11 aromatic carbocycles. The van der Waals surface area contributed by atoms with Gasteiger partial charge in [0.25, 0.3) is 6.71 Å². The third kappa shape index (κ3) is 8.37. The molecule has 2 aliphatic rings. The van der Waals surface area contributed by atoms with Crippen LogP contribution in [0.2, 0.25) is 0 Å².